The van der Waals surface area contributed by atoms with E-state index in [1.54, 1.807) is 0 Å². The van der Waals surface area contributed by atoms with E-state index in [1.165, 1.54) is 103 Å². The second kappa shape index (κ2) is 14.7. The number of hydrogen-bond donors (Lipinski definition) is 0. The molecule has 0 spiro atoms. The Kier molecular flexibility index (Phi) is 12.0. The van der Waals surface area contributed by atoms with Gasteiger partial charge in [-0.2, -0.15) is 0 Å². The minimum Gasteiger partial charge on any atom is -0.465 e. The van der Waals surface area contributed by atoms with Crippen LogP contribution in [-0.2, 0) is 9.53 Å². The molecule has 2 nitrogen and oxygen atoms in total. The molecule has 0 heterocycles. The average molecular weight is 447 g/mol. The third-order valence-electron chi connectivity index (χ3n) is 9.52. The van der Waals surface area contributed by atoms with Crippen molar-refractivity contribution in [2.24, 2.45) is 35.5 Å². The van der Waals surface area contributed by atoms with Gasteiger partial charge in [-0.15, -0.1) is 0 Å². The fraction of sp³-hybridized carbons (Fsp3) is 0.967. The smallest absolute Gasteiger partial charge is 0.308 e. The fourth-order valence-electron chi connectivity index (χ4n) is 7.09. The third kappa shape index (κ3) is 9.02. The zero-order valence-electron chi connectivity index (χ0n) is 21.6. The Morgan fingerprint density at radius 3 is 1.31 bits per heavy atom. The van der Waals surface area contributed by atoms with Gasteiger partial charge in [0, 0.05) is 0 Å². The quantitative estimate of drug-likeness (QED) is 0.221. The topological polar surface area (TPSA) is 26.3 Å². The number of rotatable bonds is 12. The fourth-order valence-corrected chi connectivity index (χ4v) is 7.09. The number of unbranched alkanes of at least 4 members (excludes halogenated alkanes) is 1. The van der Waals surface area contributed by atoms with Crippen LogP contribution < -0.4 is 0 Å². The molecule has 0 atom stereocenters. The first-order chi connectivity index (χ1) is 15.7. The summed E-state index contributed by atoms with van der Waals surface area (Å²) < 4.78 is 5.46. The minimum absolute atomic E-state index is 0.0872. The Hall–Kier alpha value is -0.530. The minimum atomic E-state index is 0.0872. The van der Waals surface area contributed by atoms with Crippen LogP contribution in [0.25, 0.3) is 0 Å². The van der Waals surface area contributed by atoms with Gasteiger partial charge in [0.1, 0.15) is 0 Å². The van der Waals surface area contributed by atoms with Crippen molar-refractivity contribution in [1.29, 1.82) is 0 Å². The van der Waals surface area contributed by atoms with Crippen LogP contribution in [0.1, 0.15) is 142 Å². The van der Waals surface area contributed by atoms with Gasteiger partial charge in [-0.3, -0.25) is 4.79 Å². The van der Waals surface area contributed by atoms with Crippen LogP contribution >= 0.6 is 0 Å². The second-order valence-corrected chi connectivity index (χ2v) is 12.0. The van der Waals surface area contributed by atoms with E-state index < -0.39 is 0 Å². The molecule has 3 saturated carbocycles. The molecule has 0 amide bonds. The van der Waals surface area contributed by atoms with Crippen LogP contribution in [0.4, 0.5) is 0 Å². The van der Waals surface area contributed by atoms with Crippen molar-refractivity contribution >= 4 is 5.97 Å². The Balaban J connectivity index is 1.21. The summed E-state index contributed by atoms with van der Waals surface area (Å²) in [5, 5.41) is 0. The summed E-state index contributed by atoms with van der Waals surface area (Å²) in [5.41, 5.74) is 0. The summed E-state index contributed by atoms with van der Waals surface area (Å²) in [4.78, 5) is 12.2. The van der Waals surface area contributed by atoms with Gasteiger partial charge in [-0.25, -0.2) is 0 Å². The van der Waals surface area contributed by atoms with Crippen molar-refractivity contribution in [2.45, 2.75) is 142 Å². The monoisotopic (exact) mass is 446 g/mol. The van der Waals surface area contributed by atoms with Crippen LogP contribution in [0.15, 0.2) is 0 Å². The maximum Gasteiger partial charge on any atom is 0.308 e. The van der Waals surface area contributed by atoms with E-state index in [1.807, 2.05) is 0 Å². The van der Waals surface area contributed by atoms with Crippen molar-refractivity contribution in [2.75, 3.05) is 6.61 Å². The largest absolute Gasteiger partial charge is 0.465 e. The van der Waals surface area contributed by atoms with Crippen LogP contribution in [-0.4, -0.2) is 12.6 Å². The zero-order chi connectivity index (χ0) is 22.6. The molecule has 3 aliphatic carbocycles. The molecule has 0 aromatic rings. The Morgan fingerprint density at radius 2 is 0.938 bits per heavy atom. The number of carbonyl (C=O) groups is 1. The van der Waals surface area contributed by atoms with Crippen LogP contribution in [0.3, 0.4) is 0 Å². The first kappa shape index (κ1) is 26.1. The number of ether oxygens (including phenoxy) is 1. The normalized spacial score (nSPS) is 33.7. The van der Waals surface area contributed by atoms with E-state index in [0.717, 1.165) is 55.3 Å². The lowest BCUT2D eigenvalue weighted by Gasteiger charge is -2.33. The lowest BCUT2D eigenvalue weighted by molar-refractivity contribution is -0.150. The SMILES string of the molecule is CCCCOC(=O)C1CCC(CCC2CCC(CCC3CCC(CCC)CC3)CC2)CC1. The molecule has 0 unspecified atom stereocenters. The molecule has 0 bridgehead atoms. The molecular weight excluding hydrogens is 392 g/mol. The summed E-state index contributed by atoms with van der Waals surface area (Å²) in [7, 11) is 0. The Labute approximate surface area is 200 Å². The van der Waals surface area contributed by atoms with E-state index >= 15 is 0 Å². The predicted octanol–water partition coefficient (Wildman–Crippen LogP) is 9.11. The molecule has 0 saturated heterocycles. The molecule has 0 N–H and O–H groups in total. The lowest BCUT2D eigenvalue weighted by atomic mass is 9.73. The van der Waals surface area contributed by atoms with E-state index in [9.17, 15) is 4.79 Å². The van der Waals surface area contributed by atoms with Gasteiger partial charge in [-0.1, -0.05) is 110 Å². The molecule has 3 rings (SSSR count). The average Bonchev–Trinajstić information content (AvgIpc) is 2.83. The lowest BCUT2D eigenvalue weighted by Crippen LogP contribution is -2.24. The Bertz CT molecular complexity index is 491. The highest BCUT2D eigenvalue weighted by Gasteiger charge is 2.29. The second-order valence-electron chi connectivity index (χ2n) is 12.0. The predicted molar refractivity (Wildman–Crippen MR) is 136 cm³/mol. The van der Waals surface area contributed by atoms with Gasteiger partial charge >= 0.3 is 5.97 Å². The zero-order valence-corrected chi connectivity index (χ0v) is 21.6. The number of esters is 1. The van der Waals surface area contributed by atoms with Crippen molar-refractivity contribution < 1.29 is 9.53 Å². The highest BCUT2D eigenvalue weighted by atomic mass is 16.5. The number of hydrogen-bond acceptors (Lipinski definition) is 2. The maximum atomic E-state index is 12.2. The van der Waals surface area contributed by atoms with Gasteiger partial charge < -0.3 is 4.74 Å². The highest BCUT2D eigenvalue weighted by molar-refractivity contribution is 5.72. The van der Waals surface area contributed by atoms with E-state index in [4.69, 9.17) is 4.74 Å². The first-order valence-electron chi connectivity index (χ1n) is 14.8. The van der Waals surface area contributed by atoms with Gasteiger partial charge in [0.2, 0.25) is 0 Å². The van der Waals surface area contributed by atoms with Gasteiger partial charge in [0.15, 0.2) is 0 Å². The van der Waals surface area contributed by atoms with Gasteiger partial charge in [0.05, 0.1) is 12.5 Å². The summed E-state index contributed by atoms with van der Waals surface area (Å²) in [6.45, 7) is 5.12. The molecule has 0 aliphatic heterocycles. The third-order valence-corrected chi connectivity index (χ3v) is 9.52. The molecule has 3 aliphatic rings. The van der Waals surface area contributed by atoms with Crippen LogP contribution in [0, 0.1) is 35.5 Å². The summed E-state index contributed by atoms with van der Waals surface area (Å²) in [5.74, 6) is 5.29. The summed E-state index contributed by atoms with van der Waals surface area (Å²) in [6.07, 6.45) is 27.6. The summed E-state index contributed by atoms with van der Waals surface area (Å²) in [6, 6.07) is 0. The molecule has 186 valence electrons. The first-order valence-corrected chi connectivity index (χ1v) is 14.8. The van der Waals surface area contributed by atoms with E-state index in [2.05, 4.69) is 13.8 Å². The Morgan fingerprint density at radius 1 is 0.562 bits per heavy atom. The van der Waals surface area contributed by atoms with Crippen molar-refractivity contribution in [1.82, 2.24) is 0 Å². The van der Waals surface area contributed by atoms with E-state index in [0.29, 0.717) is 6.61 Å². The van der Waals surface area contributed by atoms with Crippen molar-refractivity contribution in [3.05, 3.63) is 0 Å². The van der Waals surface area contributed by atoms with Crippen LogP contribution in [0.2, 0.25) is 0 Å². The van der Waals surface area contributed by atoms with Gasteiger partial charge in [-0.05, 0) is 61.7 Å². The van der Waals surface area contributed by atoms with Gasteiger partial charge in [0.25, 0.3) is 0 Å². The molecule has 0 radical (unpaired) electrons. The van der Waals surface area contributed by atoms with Crippen molar-refractivity contribution in [3.8, 4) is 0 Å². The standard InChI is InChI=1S/C30H54O2/c1-3-5-23-32-30(31)29-21-19-28(20-22-29)18-17-27-15-13-26(14-16-27)12-11-25-9-7-24(6-4-2)8-10-25/h24-29H,3-23H2,1-2H3. The molecule has 0 aromatic heterocycles. The highest BCUT2D eigenvalue weighted by Crippen LogP contribution is 2.40. The molecule has 0 aromatic carbocycles. The van der Waals surface area contributed by atoms with E-state index in [-0.39, 0.29) is 11.9 Å². The summed E-state index contributed by atoms with van der Waals surface area (Å²) >= 11 is 0. The molecule has 32 heavy (non-hydrogen) atoms. The molecule has 3 fully saturated rings. The number of carbonyl (C=O) groups excluding carboxylic acids is 1. The molecule has 2 heteroatoms. The van der Waals surface area contributed by atoms with Crippen molar-refractivity contribution in [3.63, 3.8) is 0 Å². The molecular formula is C30H54O2. The maximum absolute atomic E-state index is 12.2. The van der Waals surface area contributed by atoms with Crippen LogP contribution in [0.5, 0.6) is 0 Å².